The Morgan fingerprint density at radius 2 is 1.64 bits per heavy atom. The third kappa shape index (κ3) is 4.87. The molecule has 2 aromatic carbocycles. The van der Waals surface area contributed by atoms with Crippen molar-refractivity contribution >= 4 is 5.69 Å². The summed E-state index contributed by atoms with van der Waals surface area (Å²) in [5, 5.41) is 10.2. The highest BCUT2D eigenvalue weighted by molar-refractivity contribution is 5.58. The van der Waals surface area contributed by atoms with Gasteiger partial charge >= 0.3 is 0 Å². The number of benzene rings is 2. The normalized spacial score (nSPS) is 16.5. The molecule has 1 aliphatic rings. The van der Waals surface area contributed by atoms with Crippen LogP contribution in [0.2, 0.25) is 0 Å². The fourth-order valence-corrected chi connectivity index (χ4v) is 3.12. The molecular formula is C20H26N2O3. The number of anilines is 1. The molecule has 1 heterocycles. The highest BCUT2D eigenvalue weighted by atomic mass is 16.5. The van der Waals surface area contributed by atoms with Crippen LogP contribution in [0.25, 0.3) is 0 Å². The zero-order valence-electron chi connectivity index (χ0n) is 14.7. The maximum atomic E-state index is 10.2. The van der Waals surface area contributed by atoms with Crippen molar-refractivity contribution in [1.29, 1.82) is 0 Å². The Hall–Kier alpha value is -2.24. The third-order valence-electron chi connectivity index (χ3n) is 4.45. The summed E-state index contributed by atoms with van der Waals surface area (Å²) in [6.07, 6.45) is -0.488. The maximum Gasteiger partial charge on any atom is 0.142 e. The molecule has 0 aromatic heterocycles. The number of rotatable bonds is 7. The van der Waals surface area contributed by atoms with Gasteiger partial charge in [0, 0.05) is 32.7 Å². The molecule has 0 bridgehead atoms. The molecule has 0 aliphatic carbocycles. The highest BCUT2D eigenvalue weighted by Gasteiger charge is 2.21. The minimum atomic E-state index is -0.488. The summed E-state index contributed by atoms with van der Waals surface area (Å²) in [7, 11) is 1.71. The molecule has 1 aliphatic heterocycles. The number of β-amino-alcohol motifs (C(OH)–C–C–N with tert-alkyl or cyclic N) is 1. The number of ether oxygens (including phenoxy) is 2. The van der Waals surface area contributed by atoms with E-state index in [4.69, 9.17) is 9.47 Å². The zero-order chi connectivity index (χ0) is 17.5. The molecule has 0 spiro atoms. The van der Waals surface area contributed by atoms with E-state index in [0.29, 0.717) is 13.2 Å². The molecule has 134 valence electrons. The van der Waals surface area contributed by atoms with E-state index < -0.39 is 6.10 Å². The minimum Gasteiger partial charge on any atom is -0.495 e. The molecule has 5 nitrogen and oxygen atoms in total. The van der Waals surface area contributed by atoms with Gasteiger partial charge in [-0.05, 0) is 24.3 Å². The van der Waals surface area contributed by atoms with Gasteiger partial charge in [0.05, 0.1) is 12.8 Å². The van der Waals surface area contributed by atoms with E-state index in [1.165, 1.54) is 0 Å². The topological polar surface area (TPSA) is 45.2 Å². The van der Waals surface area contributed by atoms with Gasteiger partial charge in [-0.1, -0.05) is 30.3 Å². The average molecular weight is 342 g/mol. The molecule has 1 atom stereocenters. The van der Waals surface area contributed by atoms with Crippen LogP contribution in [0.4, 0.5) is 5.69 Å². The van der Waals surface area contributed by atoms with Gasteiger partial charge in [-0.25, -0.2) is 0 Å². The molecule has 0 unspecified atom stereocenters. The van der Waals surface area contributed by atoms with E-state index in [2.05, 4.69) is 15.9 Å². The van der Waals surface area contributed by atoms with Gasteiger partial charge in [0.2, 0.25) is 0 Å². The first kappa shape index (κ1) is 17.6. The lowest BCUT2D eigenvalue weighted by molar-refractivity contribution is 0.0663. The lowest BCUT2D eigenvalue weighted by Crippen LogP contribution is -2.49. The smallest absolute Gasteiger partial charge is 0.142 e. The number of hydrogen-bond donors (Lipinski definition) is 1. The lowest BCUT2D eigenvalue weighted by atomic mass is 10.2. The number of piperazine rings is 1. The van der Waals surface area contributed by atoms with E-state index in [1.54, 1.807) is 7.11 Å². The van der Waals surface area contributed by atoms with Gasteiger partial charge < -0.3 is 19.5 Å². The third-order valence-corrected chi connectivity index (χ3v) is 4.45. The fourth-order valence-electron chi connectivity index (χ4n) is 3.12. The molecule has 0 radical (unpaired) electrons. The number of aliphatic hydroxyl groups is 1. The molecule has 3 rings (SSSR count). The van der Waals surface area contributed by atoms with E-state index in [1.807, 2.05) is 48.5 Å². The Bertz CT molecular complexity index is 642. The van der Waals surface area contributed by atoms with Gasteiger partial charge in [0.1, 0.15) is 24.2 Å². The van der Waals surface area contributed by atoms with Gasteiger partial charge in [0.15, 0.2) is 0 Å². The summed E-state index contributed by atoms with van der Waals surface area (Å²) < 4.78 is 11.1. The predicted octanol–water partition coefficient (Wildman–Crippen LogP) is 2.26. The molecule has 0 amide bonds. The summed E-state index contributed by atoms with van der Waals surface area (Å²) in [6.45, 7) is 4.63. The first-order chi connectivity index (χ1) is 12.3. The van der Waals surface area contributed by atoms with Crippen LogP contribution in [0.3, 0.4) is 0 Å². The first-order valence-electron chi connectivity index (χ1n) is 8.72. The second-order valence-electron chi connectivity index (χ2n) is 6.24. The van der Waals surface area contributed by atoms with E-state index in [-0.39, 0.29) is 0 Å². The molecule has 1 N–H and O–H groups in total. The second kappa shape index (κ2) is 8.74. The number of nitrogens with zero attached hydrogens (tertiary/aromatic N) is 2. The van der Waals surface area contributed by atoms with Crippen molar-refractivity contribution in [2.75, 3.05) is 51.3 Å². The monoisotopic (exact) mass is 342 g/mol. The van der Waals surface area contributed by atoms with Crippen LogP contribution >= 0.6 is 0 Å². The molecule has 1 saturated heterocycles. The van der Waals surface area contributed by atoms with Gasteiger partial charge in [-0.2, -0.15) is 0 Å². The summed E-state index contributed by atoms with van der Waals surface area (Å²) in [4.78, 5) is 4.62. The number of aliphatic hydroxyl groups excluding tert-OH is 1. The van der Waals surface area contributed by atoms with Crippen LogP contribution in [0.5, 0.6) is 11.5 Å². The van der Waals surface area contributed by atoms with Crippen LogP contribution in [0, 0.1) is 0 Å². The van der Waals surface area contributed by atoms with E-state index in [0.717, 1.165) is 43.4 Å². The summed E-state index contributed by atoms with van der Waals surface area (Å²) in [6, 6.07) is 17.7. The first-order valence-corrected chi connectivity index (χ1v) is 8.72. The lowest BCUT2D eigenvalue weighted by Gasteiger charge is -2.37. The van der Waals surface area contributed by atoms with Crippen LogP contribution in [-0.2, 0) is 0 Å². The Morgan fingerprint density at radius 3 is 2.36 bits per heavy atom. The Kier molecular flexibility index (Phi) is 6.14. The van der Waals surface area contributed by atoms with Crippen LogP contribution in [-0.4, -0.2) is 62.6 Å². The Labute approximate surface area is 149 Å². The van der Waals surface area contributed by atoms with Gasteiger partial charge in [0.25, 0.3) is 0 Å². The van der Waals surface area contributed by atoms with Crippen LogP contribution in [0.15, 0.2) is 54.6 Å². The maximum absolute atomic E-state index is 10.2. The predicted molar refractivity (Wildman–Crippen MR) is 99.6 cm³/mol. The minimum absolute atomic E-state index is 0.316. The Morgan fingerprint density at radius 1 is 0.960 bits per heavy atom. The number of hydrogen-bond acceptors (Lipinski definition) is 5. The molecule has 5 heteroatoms. The van der Waals surface area contributed by atoms with Crippen molar-refractivity contribution in [3.05, 3.63) is 54.6 Å². The zero-order valence-corrected chi connectivity index (χ0v) is 14.7. The van der Waals surface area contributed by atoms with E-state index in [9.17, 15) is 5.11 Å². The number of para-hydroxylation sites is 3. The van der Waals surface area contributed by atoms with Crippen molar-refractivity contribution in [2.24, 2.45) is 0 Å². The average Bonchev–Trinajstić information content (AvgIpc) is 2.68. The van der Waals surface area contributed by atoms with Gasteiger partial charge in [-0.15, -0.1) is 0 Å². The van der Waals surface area contributed by atoms with E-state index >= 15 is 0 Å². The van der Waals surface area contributed by atoms with Crippen molar-refractivity contribution in [3.8, 4) is 11.5 Å². The van der Waals surface area contributed by atoms with Crippen molar-refractivity contribution in [2.45, 2.75) is 6.10 Å². The molecule has 0 saturated carbocycles. The van der Waals surface area contributed by atoms with Crippen LogP contribution < -0.4 is 14.4 Å². The van der Waals surface area contributed by atoms with Crippen molar-refractivity contribution < 1.29 is 14.6 Å². The second-order valence-corrected chi connectivity index (χ2v) is 6.24. The van der Waals surface area contributed by atoms with Crippen LogP contribution in [0.1, 0.15) is 0 Å². The fraction of sp³-hybridized carbons (Fsp3) is 0.400. The largest absolute Gasteiger partial charge is 0.495 e. The molecular weight excluding hydrogens is 316 g/mol. The molecule has 1 fully saturated rings. The van der Waals surface area contributed by atoms with Crippen molar-refractivity contribution in [3.63, 3.8) is 0 Å². The quantitative estimate of drug-likeness (QED) is 0.836. The summed E-state index contributed by atoms with van der Waals surface area (Å²) >= 11 is 0. The van der Waals surface area contributed by atoms with Gasteiger partial charge in [-0.3, -0.25) is 4.90 Å². The summed E-state index contributed by atoms with van der Waals surface area (Å²) in [5.41, 5.74) is 1.14. The SMILES string of the molecule is COc1ccccc1N1CCN(C[C@H](O)COc2ccccc2)CC1. The summed E-state index contributed by atoms with van der Waals surface area (Å²) in [5.74, 6) is 1.70. The highest BCUT2D eigenvalue weighted by Crippen LogP contribution is 2.28. The molecule has 25 heavy (non-hydrogen) atoms. The Balaban J connectivity index is 1.44. The van der Waals surface area contributed by atoms with Crippen molar-refractivity contribution in [1.82, 2.24) is 4.90 Å². The standard InChI is InChI=1S/C20H26N2O3/c1-24-20-10-6-5-9-19(20)22-13-11-21(12-14-22)15-17(23)16-25-18-7-3-2-4-8-18/h2-10,17,23H,11-16H2,1H3/t17-/m0/s1. The number of methoxy groups -OCH3 is 1. The molecule has 2 aromatic rings.